The van der Waals surface area contributed by atoms with Crippen LogP contribution in [0.15, 0.2) is 30.5 Å². The number of nitrogens with zero attached hydrogens (tertiary/aromatic N) is 1. The highest BCUT2D eigenvalue weighted by molar-refractivity contribution is 6.32. The van der Waals surface area contributed by atoms with Crippen LogP contribution in [0.3, 0.4) is 0 Å². The maximum absolute atomic E-state index is 12.5. The first-order valence-electron chi connectivity index (χ1n) is 8.52. The summed E-state index contributed by atoms with van der Waals surface area (Å²) in [6, 6.07) is 6.17. The first-order valence-corrected chi connectivity index (χ1v) is 8.90. The third-order valence-electron chi connectivity index (χ3n) is 3.56. The van der Waals surface area contributed by atoms with E-state index in [1.54, 1.807) is 6.07 Å². The quantitative estimate of drug-likeness (QED) is 0.668. The van der Waals surface area contributed by atoms with E-state index in [4.69, 9.17) is 21.1 Å². The second-order valence-corrected chi connectivity index (χ2v) is 6.45. The van der Waals surface area contributed by atoms with E-state index in [0.717, 1.165) is 0 Å². The van der Waals surface area contributed by atoms with Gasteiger partial charge in [0, 0.05) is 12.7 Å². The summed E-state index contributed by atoms with van der Waals surface area (Å²) in [5.41, 5.74) is 0.992. The fraction of sp³-hybridized carbons (Fsp3) is 0.368. The largest absolute Gasteiger partial charge is 0.493 e. The highest BCUT2D eigenvalue weighted by Gasteiger charge is 2.13. The van der Waals surface area contributed by atoms with E-state index in [1.807, 2.05) is 13.8 Å². The molecule has 2 rings (SSSR count). The maximum Gasteiger partial charge on any atom is 0.387 e. The fourth-order valence-corrected chi connectivity index (χ4v) is 2.56. The van der Waals surface area contributed by atoms with Gasteiger partial charge in [0.2, 0.25) is 5.88 Å². The lowest BCUT2D eigenvalue weighted by atomic mass is 10.1. The van der Waals surface area contributed by atoms with Crippen LogP contribution < -0.4 is 19.5 Å². The second-order valence-electron chi connectivity index (χ2n) is 6.05. The van der Waals surface area contributed by atoms with Crippen LogP contribution in [0.1, 0.15) is 29.8 Å². The number of hydrogen-bond acceptors (Lipinski definition) is 5. The number of aromatic nitrogens is 1. The zero-order valence-electron chi connectivity index (χ0n) is 15.7. The maximum atomic E-state index is 12.5. The number of alkyl halides is 2. The Morgan fingerprint density at radius 1 is 1.21 bits per heavy atom. The predicted molar refractivity (Wildman–Crippen MR) is 101 cm³/mol. The number of carbonyl (C=O) groups excluding carboxylic acids is 1. The summed E-state index contributed by atoms with van der Waals surface area (Å²) in [5, 5.41) is 2.97. The normalized spacial score (nSPS) is 10.9. The number of hydrogen-bond donors (Lipinski definition) is 1. The summed E-state index contributed by atoms with van der Waals surface area (Å²) in [6.45, 7) is 1.01. The molecule has 2 aromatic rings. The van der Waals surface area contributed by atoms with Crippen molar-refractivity contribution >= 4 is 17.5 Å². The number of halogens is 3. The molecule has 28 heavy (non-hydrogen) atoms. The first-order chi connectivity index (χ1) is 13.3. The van der Waals surface area contributed by atoms with Crippen LogP contribution in [0.4, 0.5) is 8.78 Å². The summed E-state index contributed by atoms with van der Waals surface area (Å²) < 4.78 is 39.8. The lowest BCUT2D eigenvalue weighted by Gasteiger charge is -2.12. The number of nitrogens with one attached hydrogen (secondary N) is 1. The van der Waals surface area contributed by atoms with Crippen molar-refractivity contribution in [1.82, 2.24) is 10.3 Å². The number of amides is 1. The van der Waals surface area contributed by atoms with Crippen molar-refractivity contribution in [3.8, 4) is 17.4 Å². The van der Waals surface area contributed by atoms with E-state index in [9.17, 15) is 13.6 Å². The van der Waals surface area contributed by atoms with E-state index >= 15 is 0 Å². The number of benzene rings is 1. The molecule has 0 saturated heterocycles. The SMILES string of the molecule is COc1ccc(CCNC(=O)c2cnc(OC(C)C)c(Cl)c2)cc1OC(F)F. The Hall–Kier alpha value is -2.61. The summed E-state index contributed by atoms with van der Waals surface area (Å²) in [7, 11) is 1.37. The van der Waals surface area contributed by atoms with Crippen molar-refractivity contribution in [1.29, 1.82) is 0 Å². The van der Waals surface area contributed by atoms with Gasteiger partial charge in [0.1, 0.15) is 5.02 Å². The molecule has 0 aliphatic heterocycles. The highest BCUT2D eigenvalue weighted by atomic mass is 35.5. The Balaban J connectivity index is 1.96. The average molecular weight is 415 g/mol. The molecule has 0 atom stereocenters. The van der Waals surface area contributed by atoms with Gasteiger partial charge in [0.15, 0.2) is 11.5 Å². The monoisotopic (exact) mass is 414 g/mol. The Kier molecular flexibility index (Phi) is 7.80. The number of methoxy groups -OCH3 is 1. The molecule has 0 radical (unpaired) electrons. The summed E-state index contributed by atoms with van der Waals surface area (Å²) in [5.74, 6) is 0.0524. The molecule has 1 amide bonds. The Morgan fingerprint density at radius 2 is 1.96 bits per heavy atom. The summed E-state index contributed by atoms with van der Waals surface area (Å²) in [6.07, 6.45) is 1.69. The predicted octanol–water partition coefficient (Wildman–Crippen LogP) is 4.10. The van der Waals surface area contributed by atoms with Crippen LogP contribution in [0.2, 0.25) is 5.02 Å². The minimum Gasteiger partial charge on any atom is -0.493 e. The number of pyridine rings is 1. The van der Waals surface area contributed by atoms with Crippen LogP contribution in [0, 0.1) is 0 Å². The molecular formula is C19H21ClF2N2O4. The molecule has 0 bridgehead atoms. The molecule has 0 spiro atoms. The van der Waals surface area contributed by atoms with Crippen LogP contribution in [0.25, 0.3) is 0 Å². The molecule has 9 heteroatoms. The van der Waals surface area contributed by atoms with Crippen molar-refractivity contribution in [2.75, 3.05) is 13.7 Å². The van der Waals surface area contributed by atoms with E-state index in [-0.39, 0.29) is 46.5 Å². The van der Waals surface area contributed by atoms with E-state index in [1.165, 1.54) is 31.5 Å². The Labute approximate surface area is 166 Å². The zero-order valence-corrected chi connectivity index (χ0v) is 16.4. The molecule has 1 heterocycles. The summed E-state index contributed by atoms with van der Waals surface area (Å²) in [4.78, 5) is 16.3. The van der Waals surface area contributed by atoms with Gasteiger partial charge in [-0.05, 0) is 44.0 Å². The minimum absolute atomic E-state index is 0.0574. The molecule has 0 unspecified atom stereocenters. The van der Waals surface area contributed by atoms with Crippen molar-refractivity contribution in [3.05, 3.63) is 46.6 Å². The van der Waals surface area contributed by atoms with Gasteiger partial charge in [-0.15, -0.1) is 0 Å². The number of rotatable bonds is 9. The van der Waals surface area contributed by atoms with Gasteiger partial charge < -0.3 is 19.5 Å². The van der Waals surface area contributed by atoms with Crippen molar-refractivity contribution < 1.29 is 27.8 Å². The zero-order chi connectivity index (χ0) is 20.7. The molecule has 0 aliphatic rings. The molecule has 1 aromatic carbocycles. The van der Waals surface area contributed by atoms with Crippen LogP contribution in [-0.2, 0) is 6.42 Å². The van der Waals surface area contributed by atoms with Crippen LogP contribution in [-0.4, -0.2) is 37.3 Å². The topological polar surface area (TPSA) is 69.7 Å². The average Bonchev–Trinajstić information content (AvgIpc) is 2.62. The lowest BCUT2D eigenvalue weighted by Crippen LogP contribution is -2.26. The number of ether oxygens (including phenoxy) is 3. The van der Waals surface area contributed by atoms with Gasteiger partial charge in [-0.3, -0.25) is 4.79 Å². The molecule has 6 nitrogen and oxygen atoms in total. The Morgan fingerprint density at radius 3 is 2.57 bits per heavy atom. The van der Waals surface area contributed by atoms with Gasteiger partial charge in [0.25, 0.3) is 5.91 Å². The molecule has 1 N–H and O–H groups in total. The van der Waals surface area contributed by atoms with Gasteiger partial charge in [0.05, 0.1) is 18.8 Å². The van der Waals surface area contributed by atoms with Crippen LogP contribution in [0.5, 0.6) is 17.4 Å². The molecular weight excluding hydrogens is 394 g/mol. The van der Waals surface area contributed by atoms with Crippen molar-refractivity contribution in [2.45, 2.75) is 33.0 Å². The standard InChI is InChI=1S/C19H21ClF2N2O4/c1-11(2)27-18-14(20)9-13(10-24-18)17(25)23-7-6-12-4-5-15(26-3)16(8-12)28-19(21)22/h4-5,8-11,19H,6-7H2,1-3H3,(H,23,25). The van der Waals surface area contributed by atoms with Crippen molar-refractivity contribution in [3.63, 3.8) is 0 Å². The summed E-state index contributed by atoms with van der Waals surface area (Å²) >= 11 is 6.08. The molecule has 1 aromatic heterocycles. The molecule has 152 valence electrons. The van der Waals surface area contributed by atoms with E-state index < -0.39 is 6.61 Å². The Bertz CT molecular complexity index is 819. The fourth-order valence-electron chi connectivity index (χ4n) is 2.35. The van der Waals surface area contributed by atoms with Gasteiger partial charge in [-0.25, -0.2) is 4.98 Å². The smallest absolute Gasteiger partial charge is 0.387 e. The minimum atomic E-state index is -2.95. The molecule has 0 saturated carbocycles. The highest BCUT2D eigenvalue weighted by Crippen LogP contribution is 2.29. The molecule has 0 fully saturated rings. The second kappa shape index (κ2) is 10.1. The van der Waals surface area contributed by atoms with Gasteiger partial charge in [-0.1, -0.05) is 17.7 Å². The number of carbonyl (C=O) groups is 1. The van der Waals surface area contributed by atoms with E-state index in [0.29, 0.717) is 12.0 Å². The third-order valence-corrected chi connectivity index (χ3v) is 3.83. The first kappa shape index (κ1) is 21.7. The van der Waals surface area contributed by atoms with Crippen LogP contribution >= 0.6 is 11.6 Å². The third kappa shape index (κ3) is 6.23. The van der Waals surface area contributed by atoms with E-state index in [2.05, 4.69) is 15.0 Å². The van der Waals surface area contributed by atoms with Gasteiger partial charge >= 0.3 is 6.61 Å². The van der Waals surface area contributed by atoms with Crippen molar-refractivity contribution in [2.24, 2.45) is 0 Å². The van der Waals surface area contributed by atoms with Gasteiger partial charge in [-0.2, -0.15) is 8.78 Å². The molecule has 0 aliphatic carbocycles. The lowest BCUT2D eigenvalue weighted by molar-refractivity contribution is -0.0512.